The van der Waals surface area contributed by atoms with Crippen LogP contribution in [0, 0.1) is 5.92 Å². The molecular formula is C40H35N5. The van der Waals surface area contributed by atoms with Crippen molar-refractivity contribution in [2.45, 2.75) is 37.8 Å². The first-order valence-electron chi connectivity index (χ1n) is 16.1. The molecular weight excluding hydrogens is 550 g/mol. The van der Waals surface area contributed by atoms with Gasteiger partial charge in [0.25, 0.3) is 0 Å². The van der Waals surface area contributed by atoms with E-state index in [2.05, 4.69) is 154 Å². The third kappa shape index (κ3) is 4.46. The van der Waals surface area contributed by atoms with Crippen LogP contribution in [0.5, 0.6) is 0 Å². The Morgan fingerprint density at radius 3 is 2.24 bits per heavy atom. The molecule has 2 aliphatic carbocycles. The van der Waals surface area contributed by atoms with Crippen LogP contribution in [-0.2, 0) is 0 Å². The van der Waals surface area contributed by atoms with Gasteiger partial charge in [0.05, 0.1) is 23.2 Å². The minimum Gasteiger partial charge on any atom is -0.360 e. The molecule has 0 spiro atoms. The molecule has 4 aromatic carbocycles. The molecule has 0 bridgehead atoms. The lowest BCUT2D eigenvalue weighted by atomic mass is 9.89. The predicted octanol–water partition coefficient (Wildman–Crippen LogP) is 7.66. The summed E-state index contributed by atoms with van der Waals surface area (Å²) in [6.45, 7) is 0. The largest absolute Gasteiger partial charge is 0.360 e. The van der Waals surface area contributed by atoms with Gasteiger partial charge in [-0.25, -0.2) is 4.99 Å². The van der Waals surface area contributed by atoms with Crippen molar-refractivity contribution in [3.8, 4) is 11.1 Å². The van der Waals surface area contributed by atoms with E-state index in [1.807, 2.05) is 0 Å². The zero-order valence-electron chi connectivity index (χ0n) is 25.0. The molecule has 1 fully saturated rings. The lowest BCUT2D eigenvalue weighted by molar-refractivity contribution is 0.327. The Bertz CT molecular complexity index is 1930. The Morgan fingerprint density at radius 2 is 1.44 bits per heavy atom. The molecule has 4 atom stereocenters. The fourth-order valence-corrected chi connectivity index (χ4v) is 7.59. The molecule has 3 N–H and O–H groups in total. The molecule has 3 heterocycles. The van der Waals surface area contributed by atoms with Gasteiger partial charge in [0.2, 0.25) is 0 Å². The third-order valence-electron chi connectivity index (χ3n) is 9.74. The molecule has 0 radical (unpaired) electrons. The summed E-state index contributed by atoms with van der Waals surface area (Å²) in [7, 11) is 0. The van der Waals surface area contributed by atoms with E-state index in [0.717, 1.165) is 30.7 Å². The van der Waals surface area contributed by atoms with Crippen molar-refractivity contribution in [1.29, 1.82) is 0 Å². The van der Waals surface area contributed by atoms with Crippen molar-refractivity contribution in [3.05, 3.63) is 167 Å². The van der Waals surface area contributed by atoms with Crippen molar-refractivity contribution < 1.29 is 0 Å². The Labute approximate surface area is 264 Å². The van der Waals surface area contributed by atoms with Crippen LogP contribution in [0.4, 0.5) is 5.69 Å². The zero-order chi connectivity index (χ0) is 29.7. The summed E-state index contributed by atoms with van der Waals surface area (Å²) >= 11 is 0. The highest BCUT2D eigenvalue weighted by atomic mass is 15.4. The number of para-hydroxylation sites is 1. The summed E-state index contributed by atoms with van der Waals surface area (Å²) in [4.78, 5) is 7.66. The van der Waals surface area contributed by atoms with E-state index in [1.54, 1.807) is 0 Å². The van der Waals surface area contributed by atoms with Gasteiger partial charge in [-0.1, -0.05) is 127 Å². The minimum atomic E-state index is -0.112. The molecule has 45 heavy (non-hydrogen) atoms. The van der Waals surface area contributed by atoms with Gasteiger partial charge in [0, 0.05) is 17.0 Å². The number of hydrogen-bond acceptors (Lipinski definition) is 5. The lowest BCUT2D eigenvalue weighted by Gasteiger charge is -2.37. The average molecular weight is 586 g/mol. The second kappa shape index (κ2) is 10.8. The van der Waals surface area contributed by atoms with Crippen molar-refractivity contribution in [2.24, 2.45) is 10.9 Å². The number of nitrogens with one attached hydrogen (secondary N) is 3. The number of aliphatic imine (C=N–C) groups is 1. The van der Waals surface area contributed by atoms with Crippen LogP contribution in [0.2, 0.25) is 0 Å². The first-order chi connectivity index (χ1) is 22.3. The van der Waals surface area contributed by atoms with Gasteiger partial charge in [0.15, 0.2) is 0 Å². The van der Waals surface area contributed by atoms with Gasteiger partial charge in [-0.3, -0.25) is 5.32 Å². The van der Waals surface area contributed by atoms with Gasteiger partial charge < -0.3 is 15.5 Å². The average Bonchev–Trinajstić information content (AvgIpc) is 3.46. The second-order valence-corrected chi connectivity index (χ2v) is 12.4. The fourth-order valence-electron chi connectivity index (χ4n) is 7.59. The fraction of sp³-hybridized carbons (Fsp3) is 0.175. The number of hydrogen-bond donors (Lipinski definition) is 3. The number of nitrogens with zero attached hydrogens (tertiary/aromatic N) is 2. The van der Waals surface area contributed by atoms with Crippen molar-refractivity contribution in [2.75, 3.05) is 4.90 Å². The number of benzene rings is 4. The Balaban J connectivity index is 1.04. The van der Waals surface area contributed by atoms with E-state index >= 15 is 0 Å². The number of fused-ring (bicyclic) bond motifs is 5. The van der Waals surface area contributed by atoms with Crippen LogP contribution >= 0.6 is 0 Å². The summed E-state index contributed by atoms with van der Waals surface area (Å²) in [5, 5.41) is 11.5. The molecule has 5 heteroatoms. The van der Waals surface area contributed by atoms with Crippen LogP contribution < -0.4 is 20.9 Å². The van der Waals surface area contributed by atoms with E-state index in [9.17, 15) is 0 Å². The number of anilines is 1. The highest BCUT2D eigenvalue weighted by molar-refractivity contribution is 5.99. The molecule has 5 nitrogen and oxygen atoms in total. The third-order valence-corrected chi connectivity index (χ3v) is 9.74. The first-order valence-corrected chi connectivity index (χ1v) is 16.1. The monoisotopic (exact) mass is 585 g/mol. The van der Waals surface area contributed by atoms with Crippen molar-refractivity contribution in [1.82, 2.24) is 16.0 Å². The number of allylic oxidation sites excluding steroid dienone is 3. The summed E-state index contributed by atoms with van der Waals surface area (Å²) in [5.41, 5.74) is 12.9. The Hall–Kier alpha value is -5.13. The minimum absolute atomic E-state index is 0.0396. The maximum absolute atomic E-state index is 5.10. The van der Waals surface area contributed by atoms with Gasteiger partial charge in [-0.2, -0.15) is 0 Å². The molecule has 5 aliphatic rings. The predicted molar refractivity (Wildman–Crippen MR) is 183 cm³/mol. The van der Waals surface area contributed by atoms with Crippen LogP contribution in [0.1, 0.15) is 42.1 Å². The number of rotatable bonds is 4. The van der Waals surface area contributed by atoms with E-state index in [-0.39, 0.29) is 24.4 Å². The molecule has 0 saturated carbocycles. The van der Waals surface area contributed by atoms with E-state index in [1.165, 1.54) is 50.5 Å². The highest BCUT2D eigenvalue weighted by Crippen LogP contribution is 2.50. The van der Waals surface area contributed by atoms with E-state index in [4.69, 9.17) is 4.99 Å². The van der Waals surface area contributed by atoms with E-state index in [0.29, 0.717) is 0 Å². The smallest absolute Gasteiger partial charge is 0.131 e. The maximum Gasteiger partial charge on any atom is 0.131 e. The second-order valence-electron chi connectivity index (χ2n) is 12.4. The van der Waals surface area contributed by atoms with Gasteiger partial charge in [-0.05, 0) is 53.2 Å². The van der Waals surface area contributed by atoms with Gasteiger partial charge in [0.1, 0.15) is 18.2 Å². The molecule has 1 saturated heterocycles. The standard InChI is InChI=1S/C40H35N5/c1-3-12-26(13-4-1)37-42-38(27-14-5-2-6-15-27)44-39(43-37)28-22-24-29(25-23-28)40-41-34-20-11-19-33-31-17-8-7-16-30(31)32-18-9-10-21-35(32)45(40)36(33)34/h1-10,12-18,20-22,24-25,28,37,39-41,43H,11,19,23H2,(H,42,44). The first kappa shape index (κ1) is 26.3. The molecule has 220 valence electrons. The van der Waals surface area contributed by atoms with Crippen LogP contribution in [0.3, 0.4) is 0 Å². The molecule has 4 aromatic rings. The summed E-state index contributed by atoms with van der Waals surface area (Å²) in [6.07, 6.45) is 12.6. The summed E-state index contributed by atoms with van der Waals surface area (Å²) in [6, 6.07) is 38.8. The zero-order valence-corrected chi connectivity index (χ0v) is 25.0. The van der Waals surface area contributed by atoms with Crippen LogP contribution in [0.25, 0.3) is 16.7 Å². The molecule has 4 unspecified atom stereocenters. The SMILES string of the molecule is C1=CC(C2NC(c3ccccc3)=NC(c3ccccc3)N2)CC=C1C1NC2=CCCC3=C2N1c1ccccc1-c1ccccc13. The highest BCUT2D eigenvalue weighted by Gasteiger charge is 2.41. The van der Waals surface area contributed by atoms with Crippen molar-refractivity contribution in [3.63, 3.8) is 0 Å². The number of amidine groups is 1. The quantitative estimate of drug-likeness (QED) is 0.230. The Morgan fingerprint density at radius 1 is 0.711 bits per heavy atom. The van der Waals surface area contributed by atoms with Crippen LogP contribution in [0.15, 0.2) is 155 Å². The van der Waals surface area contributed by atoms with Gasteiger partial charge in [-0.15, -0.1) is 0 Å². The molecule has 3 aliphatic heterocycles. The maximum atomic E-state index is 5.10. The lowest BCUT2D eigenvalue weighted by Crippen LogP contribution is -2.54. The topological polar surface area (TPSA) is 51.7 Å². The molecule has 0 amide bonds. The summed E-state index contributed by atoms with van der Waals surface area (Å²) < 4.78 is 0. The van der Waals surface area contributed by atoms with Crippen molar-refractivity contribution >= 4 is 17.1 Å². The normalized spacial score (nSPS) is 24.6. The molecule has 0 aromatic heterocycles. The van der Waals surface area contributed by atoms with Gasteiger partial charge >= 0.3 is 0 Å². The van der Waals surface area contributed by atoms with E-state index < -0.39 is 0 Å². The van der Waals surface area contributed by atoms with Crippen LogP contribution in [-0.4, -0.2) is 18.2 Å². The Kier molecular flexibility index (Phi) is 6.30. The summed E-state index contributed by atoms with van der Waals surface area (Å²) in [5.74, 6) is 1.21. The molecule has 9 rings (SSSR count).